The van der Waals surface area contributed by atoms with Crippen LogP contribution >= 0.6 is 0 Å². The minimum atomic E-state index is -0.459. The Morgan fingerprint density at radius 1 is 1.20 bits per heavy atom. The Hall–Kier alpha value is -1.02. The molecule has 3 rings (SSSR count). The predicted octanol–water partition coefficient (Wildman–Crippen LogP) is 2.33. The summed E-state index contributed by atoms with van der Waals surface area (Å²) in [6, 6.07) is 8.61. The van der Waals surface area contributed by atoms with Crippen molar-refractivity contribution < 1.29 is 5.11 Å². The molecule has 0 bridgehead atoms. The first-order valence-corrected chi connectivity index (χ1v) is 5.85. The smallest absolute Gasteiger partial charge is 0.0851 e. The van der Waals surface area contributed by atoms with Crippen LogP contribution in [-0.4, -0.2) is 16.7 Å². The van der Waals surface area contributed by atoms with Gasteiger partial charge in [0.15, 0.2) is 0 Å². The number of rotatable bonds is 1. The molecule has 1 unspecified atom stereocenters. The molecule has 1 saturated carbocycles. The van der Waals surface area contributed by atoms with Crippen LogP contribution in [0.4, 0.5) is 5.69 Å². The Morgan fingerprint density at radius 3 is 2.67 bits per heavy atom. The Bertz CT molecular complexity index is 344. The third-order valence-corrected chi connectivity index (χ3v) is 3.89. The van der Waals surface area contributed by atoms with Gasteiger partial charge < -0.3 is 10.4 Å². The van der Waals surface area contributed by atoms with Crippen molar-refractivity contribution >= 4 is 5.69 Å². The van der Waals surface area contributed by atoms with Gasteiger partial charge in [-0.1, -0.05) is 31.0 Å². The highest BCUT2D eigenvalue weighted by molar-refractivity contribution is 5.57. The number of fused-ring (bicyclic) bond motifs is 1. The van der Waals surface area contributed by atoms with Crippen molar-refractivity contribution in [1.29, 1.82) is 0 Å². The molecule has 2 nitrogen and oxygen atoms in total. The van der Waals surface area contributed by atoms with Crippen molar-refractivity contribution in [3.8, 4) is 0 Å². The first-order valence-electron chi connectivity index (χ1n) is 5.85. The Labute approximate surface area is 90.3 Å². The number of nitrogens with one attached hydrogen (secondary N) is 1. The van der Waals surface area contributed by atoms with Crippen molar-refractivity contribution in [2.24, 2.45) is 0 Å². The molecule has 15 heavy (non-hydrogen) atoms. The van der Waals surface area contributed by atoms with E-state index in [1.54, 1.807) is 0 Å². The molecule has 2 aliphatic rings. The Balaban J connectivity index is 1.84. The van der Waals surface area contributed by atoms with Gasteiger partial charge in [-0.15, -0.1) is 0 Å². The van der Waals surface area contributed by atoms with E-state index in [-0.39, 0.29) is 6.04 Å². The van der Waals surface area contributed by atoms with E-state index >= 15 is 0 Å². The zero-order valence-electron chi connectivity index (χ0n) is 8.87. The first kappa shape index (κ1) is 9.22. The van der Waals surface area contributed by atoms with Gasteiger partial charge in [0.2, 0.25) is 0 Å². The van der Waals surface area contributed by atoms with Crippen LogP contribution in [0.2, 0.25) is 0 Å². The lowest BCUT2D eigenvalue weighted by Crippen LogP contribution is -2.43. The lowest BCUT2D eigenvalue weighted by molar-refractivity contribution is 0.0298. The molecule has 0 spiro atoms. The van der Waals surface area contributed by atoms with Gasteiger partial charge in [-0.3, -0.25) is 0 Å². The molecule has 0 radical (unpaired) electrons. The molecule has 1 heterocycles. The summed E-state index contributed by atoms with van der Waals surface area (Å²) in [4.78, 5) is 0. The number of para-hydroxylation sites is 1. The number of anilines is 1. The highest BCUT2D eigenvalue weighted by Gasteiger charge is 2.41. The summed E-state index contributed by atoms with van der Waals surface area (Å²) in [5, 5.41) is 14.0. The summed E-state index contributed by atoms with van der Waals surface area (Å²) < 4.78 is 0. The molecule has 0 amide bonds. The van der Waals surface area contributed by atoms with Crippen molar-refractivity contribution in [3.05, 3.63) is 29.8 Å². The van der Waals surface area contributed by atoms with Crippen molar-refractivity contribution in [3.63, 3.8) is 0 Å². The van der Waals surface area contributed by atoms with Crippen LogP contribution in [0.5, 0.6) is 0 Å². The standard InChI is InChI=1S/C13H17NO/c15-13(7-3-4-8-13)12-9-10-5-1-2-6-11(10)14-12/h1-2,5-6,12,14-15H,3-4,7-9H2. The zero-order chi connectivity index (χ0) is 10.3. The second kappa shape index (κ2) is 3.24. The van der Waals surface area contributed by atoms with Gasteiger partial charge in [0.25, 0.3) is 0 Å². The molecule has 1 atom stereocenters. The fourth-order valence-electron chi connectivity index (χ4n) is 2.96. The molecule has 1 aromatic carbocycles. The van der Waals surface area contributed by atoms with Gasteiger partial charge in [-0.2, -0.15) is 0 Å². The third-order valence-electron chi connectivity index (χ3n) is 3.89. The van der Waals surface area contributed by atoms with Gasteiger partial charge in [-0.25, -0.2) is 0 Å². The summed E-state index contributed by atoms with van der Waals surface area (Å²) in [7, 11) is 0. The van der Waals surface area contributed by atoms with Gasteiger partial charge in [-0.05, 0) is 30.9 Å². The molecule has 0 aromatic heterocycles. The fraction of sp³-hybridized carbons (Fsp3) is 0.538. The highest BCUT2D eigenvalue weighted by atomic mass is 16.3. The number of aliphatic hydroxyl groups is 1. The van der Waals surface area contributed by atoms with Gasteiger partial charge in [0.05, 0.1) is 11.6 Å². The van der Waals surface area contributed by atoms with Crippen LogP contribution in [0, 0.1) is 0 Å². The lowest BCUT2D eigenvalue weighted by Gasteiger charge is -2.29. The Kier molecular flexibility index (Phi) is 1.99. The molecule has 0 saturated heterocycles. The van der Waals surface area contributed by atoms with E-state index < -0.39 is 5.60 Å². The molecular formula is C13H17NO. The van der Waals surface area contributed by atoms with E-state index in [0.29, 0.717) is 0 Å². The van der Waals surface area contributed by atoms with Crippen LogP contribution in [0.1, 0.15) is 31.2 Å². The van der Waals surface area contributed by atoms with Crippen molar-refractivity contribution in [1.82, 2.24) is 0 Å². The van der Waals surface area contributed by atoms with E-state index in [4.69, 9.17) is 0 Å². The first-order chi connectivity index (χ1) is 7.28. The van der Waals surface area contributed by atoms with Crippen molar-refractivity contribution in [2.45, 2.75) is 43.7 Å². The summed E-state index contributed by atoms with van der Waals surface area (Å²) in [5.74, 6) is 0. The normalized spacial score (nSPS) is 27.4. The van der Waals surface area contributed by atoms with Crippen LogP contribution in [0.25, 0.3) is 0 Å². The SMILES string of the molecule is OC1(C2Cc3ccccc3N2)CCCC1. The second-order valence-electron chi connectivity index (χ2n) is 4.87. The summed E-state index contributed by atoms with van der Waals surface area (Å²) in [5.41, 5.74) is 2.10. The minimum absolute atomic E-state index is 0.234. The van der Waals surface area contributed by atoms with E-state index in [0.717, 1.165) is 19.3 Å². The highest BCUT2D eigenvalue weighted by Crippen LogP contribution is 2.39. The summed E-state index contributed by atoms with van der Waals surface area (Å²) in [6.45, 7) is 0. The maximum atomic E-state index is 10.5. The maximum Gasteiger partial charge on any atom is 0.0851 e. The largest absolute Gasteiger partial charge is 0.388 e. The lowest BCUT2D eigenvalue weighted by atomic mass is 9.90. The quantitative estimate of drug-likeness (QED) is 0.734. The molecule has 1 fully saturated rings. The molecule has 1 aliphatic heterocycles. The molecular weight excluding hydrogens is 186 g/mol. The van der Waals surface area contributed by atoms with Crippen LogP contribution < -0.4 is 5.32 Å². The maximum absolute atomic E-state index is 10.5. The van der Waals surface area contributed by atoms with Gasteiger partial charge >= 0.3 is 0 Å². The third kappa shape index (κ3) is 1.44. The molecule has 2 N–H and O–H groups in total. The fourth-order valence-corrected chi connectivity index (χ4v) is 2.96. The number of hydrogen-bond donors (Lipinski definition) is 2. The molecule has 1 aromatic rings. The summed E-state index contributed by atoms with van der Waals surface area (Å²) >= 11 is 0. The second-order valence-corrected chi connectivity index (χ2v) is 4.87. The minimum Gasteiger partial charge on any atom is -0.388 e. The average Bonchev–Trinajstić information content (AvgIpc) is 2.84. The number of benzene rings is 1. The van der Waals surface area contributed by atoms with E-state index in [1.807, 2.05) is 6.07 Å². The van der Waals surface area contributed by atoms with Crippen molar-refractivity contribution in [2.75, 3.05) is 5.32 Å². The topological polar surface area (TPSA) is 32.3 Å². The molecule has 2 heteroatoms. The average molecular weight is 203 g/mol. The van der Waals surface area contributed by atoms with Crippen LogP contribution in [0.3, 0.4) is 0 Å². The van der Waals surface area contributed by atoms with E-state index in [9.17, 15) is 5.11 Å². The zero-order valence-corrected chi connectivity index (χ0v) is 8.87. The molecule has 80 valence electrons. The van der Waals surface area contributed by atoms with Gasteiger partial charge in [0.1, 0.15) is 0 Å². The monoisotopic (exact) mass is 203 g/mol. The van der Waals surface area contributed by atoms with E-state index in [1.165, 1.54) is 24.1 Å². The van der Waals surface area contributed by atoms with Crippen LogP contribution in [0.15, 0.2) is 24.3 Å². The number of hydrogen-bond acceptors (Lipinski definition) is 2. The predicted molar refractivity (Wildman–Crippen MR) is 61.0 cm³/mol. The summed E-state index contributed by atoms with van der Waals surface area (Å²) in [6.07, 6.45) is 5.24. The van der Waals surface area contributed by atoms with Gasteiger partial charge in [0, 0.05) is 5.69 Å². The molecule has 1 aliphatic carbocycles. The Morgan fingerprint density at radius 2 is 1.93 bits per heavy atom. The van der Waals surface area contributed by atoms with E-state index in [2.05, 4.69) is 23.5 Å². The van der Waals surface area contributed by atoms with Crippen LogP contribution in [-0.2, 0) is 6.42 Å².